The summed E-state index contributed by atoms with van der Waals surface area (Å²) in [5.41, 5.74) is 0.596. The first-order valence-corrected chi connectivity index (χ1v) is 7.86. The summed E-state index contributed by atoms with van der Waals surface area (Å²) in [5.74, 6) is 0.105. The van der Waals surface area contributed by atoms with E-state index in [-0.39, 0.29) is 11.8 Å². The van der Waals surface area contributed by atoms with Crippen molar-refractivity contribution in [2.75, 3.05) is 6.54 Å². The Kier molecular flexibility index (Phi) is 5.01. The van der Waals surface area contributed by atoms with Crippen LogP contribution in [0.4, 0.5) is 0 Å². The maximum absolute atomic E-state index is 12.1. The van der Waals surface area contributed by atoms with Gasteiger partial charge in [-0.15, -0.1) is 24.0 Å². The fourth-order valence-electron chi connectivity index (χ4n) is 1.59. The van der Waals surface area contributed by atoms with Gasteiger partial charge in [0.25, 0.3) is 5.91 Å². The molecule has 2 rings (SSSR count). The van der Waals surface area contributed by atoms with Crippen LogP contribution in [0.25, 0.3) is 0 Å². The highest BCUT2D eigenvalue weighted by atomic mass is 79.9. The van der Waals surface area contributed by atoms with Gasteiger partial charge < -0.3 is 5.32 Å². The van der Waals surface area contributed by atoms with Gasteiger partial charge >= 0.3 is 0 Å². The lowest BCUT2D eigenvalue weighted by Gasteiger charge is -2.11. The van der Waals surface area contributed by atoms with Crippen molar-refractivity contribution < 1.29 is 4.79 Å². The van der Waals surface area contributed by atoms with E-state index in [2.05, 4.69) is 38.9 Å². The molecule has 0 saturated heterocycles. The number of amides is 1. The number of benzene rings is 1. The van der Waals surface area contributed by atoms with Gasteiger partial charge in [-0.25, -0.2) is 4.98 Å². The van der Waals surface area contributed by atoms with Gasteiger partial charge in [-0.05, 0) is 34.1 Å². The zero-order chi connectivity index (χ0) is 13.8. The second kappa shape index (κ2) is 6.54. The summed E-state index contributed by atoms with van der Waals surface area (Å²) >= 11 is 9.22. The molecule has 0 aliphatic carbocycles. The first kappa shape index (κ1) is 14.6. The zero-order valence-electron chi connectivity index (χ0n) is 10.3. The van der Waals surface area contributed by atoms with Crippen LogP contribution in [0.5, 0.6) is 0 Å². The van der Waals surface area contributed by atoms with Gasteiger partial charge in [-0.1, -0.05) is 6.92 Å². The van der Waals surface area contributed by atoms with Crippen molar-refractivity contribution >= 4 is 45.8 Å². The minimum absolute atomic E-state index is 0.105. The van der Waals surface area contributed by atoms with Crippen molar-refractivity contribution in [3.8, 4) is 0 Å². The summed E-state index contributed by atoms with van der Waals surface area (Å²) in [6, 6.07) is 5.40. The fraction of sp³-hybridized carbons (Fsp3) is 0.231. The molecule has 1 heterocycles. The van der Waals surface area contributed by atoms with Crippen molar-refractivity contribution in [2.45, 2.75) is 17.7 Å². The molecule has 3 nitrogen and oxygen atoms in total. The van der Waals surface area contributed by atoms with Crippen LogP contribution in [0.1, 0.15) is 28.2 Å². The molecule has 1 amide bonds. The second-order valence-electron chi connectivity index (χ2n) is 4.15. The lowest BCUT2D eigenvalue weighted by Crippen LogP contribution is -2.27. The van der Waals surface area contributed by atoms with Crippen molar-refractivity contribution in [2.24, 2.45) is 0 Å². The third-order valence-electron chi connectivity index (χ3n) is 2.64. The number of halogens is 1. The quantitative estimate of drug-likeness (QED) is 0.819. The predicted molar refractivity (Wildman–Crippen MR) is 84.3 cm³/mol. The Morgan fingerprint density at radius 3 is 3.05 bits per heavy atom. The topological polar surface area (TPSA) is 42.0 Å². The van der Waals surface area contributed by atoms with E-state index in [4.69, 9.17) is 0 Å². The molecule has 1 unspecified atom stereocenters. The first-order valence-electron chi connectivity index (χ1n) is 5.74. The Hall–Kier alpha value is -0.850. The standard InChI is InChI=1S/C13H13BrN2OS2/c1-8(13-15-4-5-19-13)7-16-12(17)10-6-9(18)2-3-11(10)14/h2-6,8,18H,7H2,1H3,(H,16,17). The van der Waals surface area contributed by atoms with Crippen LogP contribution in [-0.2, 0) is 0 Å². The van der Waals surface area contributed by atoms with Gasteiger partial charge in [0.2, 0.25) is 0 Å². The van der Waals surface area contributed by atoms with Crippen molar-refractivity contribution in [3.05, 3.63) is 44.8 Å². The Balaban J connectivity index is 2.00. The molecule has 19 heavy (non-hydrogen) atoms. The third-order valence-corrected chi connectivity index (χ3v) is 4.61. The average molecular weight is 357 g/mol. The molecule has 6 heteroatoms. The maximum atomic E-state index is 12.1. The van der Waals surface area contributed by atoms with Gasteiger partial charge in [0, 0.05) is 33.4 Å². The SMILES string of the molecule is CC(CNC(=O)c1cc(S)ccc1Br)c1nccs1. The van der Waals surface area contributed by atoms with Crippen LogP contribution in [0, 0.1) is 0 Å². The normalized spacial score (nSPS) is 12.2. The van der Waals surface area contributed by atoms with Crippen molar-refractivity contribution in [3.63, 3.8) is 0 Å². The highest BCUT2D eigenvalue weighted by Gasteiger charge is 2.13. The van der Waals surface area contributed by atoms with E-state index in [0.717, 1.165) is 14.4 Å². The average Bonchev–Trinajstić information content (AvgIpc) is 2.92. The minimum atomic E-state index is -0.105. The zero-order valence-corrected chi connectivity index (χ0v) is 13.6. The van der Waals surface area contributed by atoms with E-state index < -0.39 is 0 Å². The molecule has 2 aromatic rings. The number of aromatic nitrogens is 1. The number of hydrogen-bond donors (Lipinski definition) is 2. The molecule has 0 saturated carbocycles. The fourth-order valence-corrected chi connectivity index (χ4v) is 2.92. The third kappa shape index (κ3) is 3.81. The number of carbonyl (C=O) groups is 1. The lowest BCUT2D eigenvalue weighted by molar-refractivity contribution is 0.0950. The van der Waals surface area contributed by atoms with E-state index in [0.29, 0.717) is 12.1 Å². The van der Waals surface area contributed by atoms with Crippen molar-refractivity contribution in [1.82, 2.24) is 10.3 Å². The van der Waals surface area contributed by atoms with Crippen LogP contribution in [0.2, 0.25) is 0 Å². The maximum Gasteiger partial charge on any atom is 0.252 e. The first-order chi connectivity index (χ1) is 9.08. The smallest absolute Gasteiger partial charge is 0.252 e. The number of nitrogens with one attached hydrogen (secondary N) is 1. The summed E-state index contributed by atoms with van der Waals surface area (Å²) in [6.45, 7) is 2.61. The van der Waals surface area contributed by atoms with Crippen LogP contribution >= 0.6 is 39.9 Å². The van der Waals surface area contributed by atoms with E-state index in [1.165, 1.54) is 0 Å². The van der Waals surface area contributed by atoms with E-state index in [1.807, 2.05) is 24.4 Å². The number of carbonyl (C=O) groups excluding carboxylic acids is 1. The molecule has 100 valence electrons. The monoisotopic (exact) mass is 356 g/mol. The molecule has 0 aliphatic heterocycles. The molecule has 0 fully saturated rings. The van der Waals surface area contributed by atoms with Gasteiger partial charge in [0.05, 0.1) is 10.6 Å². The summed E-state index contributed by atoms with van der Waals surface area (Å²) in [7, 11) is 0. The number of hydrogen-bond acceptors (Lipinski definition) is 4. The molecule has 0 radical (unpaired) electrons. The Bertz CT molecular complexity index is 572. The summed E-state index contributed by atoms with van der Waals surface area (Å²) in [6.07, 6.45) is 1.78. The number of rotatable bonds is 4. The van der Waals surface area contributed by atoms with Gasteiger partial charge in [-0.3, -0.25) is 4.79 Å². The minimum Gasteiger partial charge on any atom is -0.351 e. The van der Waals surface area contributed by atoms with Crippen LogP contribution in [0.15, 0.2) is 39.1 Å². The largest absolute Gasteiger partial charge is 0.351 e. The highest BCUT2D eigenvalue weighted by Crippen LogP contribution is 2.21. The Morgan fingerprint density at radius 2 is 2.37 bits per heavy atom. The Morgan fingerprint density at radius 1 is 1.58 bits per heavy atom. The molecular formula is C13H13BrN2OS2. The van der Waals surface area contributed by atoms with Crippen molar-refractivity contribution in [1.29, 1.82) is 0 Å². The van der Waals surface area contributed by atoms with Gasteiger partial charge in [0.1, 0.15) is 0 Å². The van der Waals surface area contributed by atoms with Crippen LogP contribution in [0.3, 0.4) is 0 Å². The lowest BCUT2D eigenvalue weighted by atomic mass is 10.1. The predicted octanol–water partition coefficient (Wildman–Crippen LogP) is 3.73. The number of nitrogens with zero attached hydrogens (tertiary/aromatic N) is 1. The highest BCUT2D eigenvalue weighted by molar-refractivity contribution is 9.10. The molecule has 0 aliphatic rings. The molecule has 1 aromatic carbocycles. The summed E-state index contributed by atoms with van der Waals surface area (Å²) in [5, 5.41) is 5.89. The van der Waals surface area contributed by atoms with Crippen LogP contribution < -0.4 is 5.32 Å². The van der Waals surface area contributed by atoms with Gasteiger partial charge in [0.15, 0.2) is 0 Å². The summed E-state index contributed by atoms with van der Waals surface area (Å²) in [4.78, 5) is 17.1. The molecule has 1 aromatic heterocycles. The molecule has 0 spiro atoms. The number of thiazole rings is 1. The molecule has 1 atom stereocenters. The molecular weight excluding hydrogens is 344 g/mol. The van der Waals surface area contributed by atoms with E-state index >= 15 is 0 Å². The number of thiol groups is 1. The molecule has 1 N–H and O–H groups in total. The summed E-state index contributed by atoms with van der Waals surface area (Å²) < 4.78 is 0.768. The van der Waals surface area contributed by atoms with Gasteiger partial charge in [-0.2, -0.15) is 0 Å². The van der Waals surface area contributed by atoms with E-state index in [9.17, 15) is 4.79 Å². The molecule has 0 bridgehead atoms. The van der Waals surface area contributed by atoms with E-state index in [1.54, 1.807) is 23.6 Å². The Labute approximate surface area is 130 Å². The van der Waals surface area contributed by atoms with Crippen LogP contribution in [-0.4, -0.2) is 17.4 Å². The second-order valence-corrected chi connectivity index (χ2v) is 6.44.